The number of para-hydroxylation sites is 1. The molecule has 4 nitrogen and oxygen atoms in total. The van der Waals surface area contributed by atoms with Gasteiger partial charge in [-0.2, -0.15) is 0 Å². The fraction of sp³-hybridized carbons (Fsp3) is 0.167. The van der Waals surface area contributed by atoms with Crippen LogP contribution in [0, 0.1) is 6.92 Å². The number of halogens is 1. The van der Waals surface area contributed by atoms with E-state index in [-0.39, 0.29) is 0 Å². The van der Waals surface area contributed by atoms with Crippen molar-refractivity contribution in [3.8, 4) is 0 Å². The topological polar surface area (TPSA) is 62.2 Å². The predicted molar refractivity (Wildman–Crippen MR) is 72.3 cm³/mol. The third-order valence-corrected chi connectivity index (χ3v) is 3.61. The molecule has 0 radical (unpaired) electrons. The number of carboxylic acid groups (broad SMARTS) is 1. The summed E-state index contributed by atoms with van der Waals surface area (Å²) < 4.78 is 0.475. The van der Waals surface area contributed by atoms with Crippen LogP contribution >= 0.6 is 22.9 Å². The summed E-state index contributed by atoms with van der Waals surface area (Å²) in [5, 5.41) is 12.7. The van der Waals surface area contributed by atoms with Gasteiger partial charge in [0.05, 0.1) is 6.20 Å². The summed E-state index contributed by atoms with van der Waals surface area (Å²) >= 11 is 6.94. The van der Waals surface area contributed by atoms with Gasteiger partial charge < -0.3 is 10.4 Å². The second kappa shape index (κ2) is 5.37. The Labute approximate surface area is 113 Å². The van der Waals surface area contributed by atoms with Crippen LogP contribution in [0.5, 0.6) is 0 Å². The van der Waals surface area contributed by atoms with Crippen LogP contribution in [0.1, 0.15) is 16.6 Å². The quantitative estimate of drug-likeness (QED) is 0.903. The third-order valence-electron chi connectivity index (χ3n) is 2.43. The number of carboxylic acids is 1. The summed E-state index contributed by atoms with van der Waals surface area (Å²) in [5.41, 5.74) is 1.75. The number of nitrogens with zero attached hydrogens (tertiary/aromatic N) is 1. The molecule has 0 aliphatic heterocycles. The van der Waals surface area contributed by atoms with E-state index in [0.717, 1.165) is 22.6 Å². The Morgan fingerprint density at radius 3 is 2.78 bits per heavy atom. The van der Waals surface area contributed by atoms with E-state index in [1.165, 1.54) is 6.20 Å². The molecular formula is C12H11ClN2O2S. The number of hydrogen-bond donors (Lipinski definition) is 2. The number of aliphatic carboxylic acids is 1. The van der Waals surface area contributed by atoms with Crippen LogP contribution in [0.15, 0.2) is 30.5 Å². The van der Waals surface area contributed by atoms with Gasteiger partial charge in [-0.1, -0.05) is 29.8 Å². The highest BCUT2D eigenvalue weighted by Gasteiger charge is 2.23. The Balaban J connectivity index is 2.28. The number of aryl methyl sites for hydroxylation is 1. The molecule has 1 aromatic carbocycles. The molecule has 18 heavy (non-hydrogen) atoms. The monoisotopic (exact) mass is 282 g/mol. The lowest BCUT2D eigenvalue weighted by molar-refractivity contribution is -0.138. The minimum absolute atomic E-state index is 0.441. The molecule has 1 heterocycles. The summed E-state index contributed by atoms with van der Waals surface area (Å²) in [7, 11) is 0. The van der Waals surface area contributed by atoms with Gasteiger partial charge in [-0.3, -0.25) is 0 Å². The minimum Gasteiger partial charge on any atom is -0.479 e. The highest BCUT2D eigenvalue weighted by atomic mass is 35.5. The molecule has 2 N–H and O–H groups in total. The number of nitrogens with one attached hydrogen (secondary N) is 1. The maximum Gasteiger partial charge on any atom is 0.333 e. The Bertz CT molecular complexity index is 571. The average Bonchev–Trinajstić information content (AvgIpc) is 2.74. The second-order valence-corrected chi connectivity index (χ2v) is 5.43. The van der Waals surface area contributed by atoms with Crippen molar-refractivity contribution in [2.24, 2.45) is 0 Å². The van der Waals surface area contributed by atoms with Gasteiger partial charge in [0.15, 0.2) is 6.04 Å². The van der Waals surface area contributed by atoms with Crippen LogP contribution in [0.3, 0.4) is 0 Å². The zero-order valence-electron chi connectivity index (χ0n) is 9.55. The number of benzene rings is 1. The molecule has 2 aromatic rings. The number of rotatable bonds is 4. The molecule has 0 saturated carbocycles. The first kappa shape index (κ1) is 12.9. The minimum atomic E-state index is -0.982. The van der Waals surface area contributed by atoms with E-state index in [2.05, 4.69) is 10.3 Å². The molecule has 0 amide bonds. The average molecular weight is 283 g/mol. The molecule has 0 fully saturated rings. The van der Waals surface area contributed by atoms with Crippen molar-refractivity contribution in [3.05, 3.63) is 45.4 Å². The van der Waals surface area contributed by atoms with Crippen LogP contribution in [0.2, 0.25) is 4.34 Å². The Morgan fingerprint density at radius 1 is 1.50 bits per heavy atom. The van der Waals surface area contributed by atoms with E-state index in [0.29, 0.717) is 9.34 Å². The van der Waals surface area contributed by atoms with Gasteiger partial charge in [0.25, 0.3) is 0 Å². The van der Waals surface area contributed by atoms with E-state index in [1.807, 2.05) is 31.2 Å². The molecule has 0 spiro atoms. The number of thiazole rings is 1. The lowest BCUT2D eigenvalue weighted by Crippen LogP contribution is -2.20. The summed E-state index contributed by atoms with van der Waals surface area (Å²) in [6.45, 7) is 1.91. The first-order chi connectivity index (χ1) is 8.58. The third kappa shape index (κ3) is 2.80. The molecule has 0 aliphatic rings. The van der Waals surface area contributed by atoms with Gasteiger partial charge >= 0.3 is 5.97 Å². The second-order valence-electron chi connectivity index (χ2n) is 3.73. The Morgan fingerprint density at radius 2 is 2.22 bits per heavy atom. The van der Waals surface area contributed by atoms with Crippen molar-refractivity contribution in [3.63, 3.8) is 0 Å². The zero-order valence-corrected chi connectivity index (χ0v) is 11.1. The van der Waals surface area contributed by atoms with Crippen molar-refractivity contribution < 1.29 is 9.90 Å². The van der Waals surface area contributed by atoms with Crippen LogP contribution in [-0.2, 0) is 4.79 Å². The number of aromatic nitrogens is 1. The smallest absolute Gasteiger partial charge is 0.333 e. The molecule has 2 rings (SSSR count). The van der Waals surface area contributed by atoms with Gasteiger partial charge in [0.2, 0.25) is 0 Å². The van der Waals surface area contributed by atoms with Crippen LogP contribution in [-0.4, -0.2) is 16.1 Å². The van der Waals surface area contributed by atoms with Crippen LogP contribution in [0.4, 0.5) is 5.69 Å². The van der Waals surface area contributed by atoms with Gasteiger partial charge in [0, 0.05) is 5.69 Å². The number of anilines is 1. The molecule has 1 atom stereocenters. The molecule has 0 bridgehead atoms. The lowest BCUT2D eigenvalue weighted by atomic mass is 10.2. The predicted octanol–water partition coefficient (Wildman–Crippen LogP) is 3.34. The molecule has 0 aliphatic carbocycles. The highest BCUT2D eigenvalue weighted by Crippen LogP contribution is 2.27. The normalized spacial score (nSPS) is 12.1. The summed E-state index contributed by atoms with van der Waals surface area (Å²) in [6.07, 6.45) is 1.46. The molecule has 94 valence electrons. The van der Waals surface area contributed by atoms with Crippen molar-refractivity contribution >= 4 is 34.6 Å². The van der Waals surface area contributed by atoms with Crippen molar-refractivity contribution in [1.82, 2.24) is 4.98 Å². The van der Waals surface area contributed by atoms with Gasteiger partial charge in [-0.15, -0.1) is 11.3 Å². The number of carbonyl (C=O) groups is 1. The largest absolute Gasteiger partial charge is 0.479 e. The van der Waals surface area contributed by atoms with Gasteiger partial charge in [-0.25, -0.2) is 9.78 Å². The Kier molecular flexibility index (Phi) is 3.84. The highest BCUT2D eigenvalue weighted by molar-refractivity contribution is 7.16. The molecule has 6 heteroatoms. The van der Waals surface area contributed by atoms with Crippen molar-refractivity contribution in [2.45, 2.75) is 13.0 Å². The fourth-order valence-corrected chi connectivity index (χ4v) is 2.49. The van der Waals surface area contributed by atoms with Crippen molar-refractivity contribution in [2.75, 3.05) is 5.32 Å². The summed E-state index contributed by atoms with van der Waals surface area (Å²) in [5.74, 6) is -0.982. The number of hydrogen-bond acceptors (Lipinski definition) is 4. The molecule has 0 saturated heterocycles. The zero-order chi connectivity index (χ0) is 13.1. The standard InChI is InChI=1S/C12H11ClN2O2S/c1-7-4-2-3-5-8(7)15-10(12(16)17)11-14-6-9(13)18-11/h2-6,10,15H,1H3,(H,16,17). The summed E-state index contributed by atoms with van der Waals surface area (Å²) in [6, 6.07) is 6.61. The summed E-state index contributed by atoms with van der Waals surface area (Å²) in [4.78, 5) is 15.3. The molecule has 1 aromatic heterocycles. The molecule has 1 unspecified atom stereocenters. The van der Waals surface area contributed by atoms with E-state index in [1.54, 1.807) is 0 Å². The van der Waals surface area contributed by atoms with Crippen molar-refractivity contribution in [1.29, 1.82) is 0 Å². The lowest BCUT2D eigenvalue weighted by Gasteiger charge is -2.15. The maximum atomic E-state index is 11.3. The Hall–Kier alpha value is -1.59. The first-order valence-electron chi connectivity index (χ1n) is 5.24. The fourth-order valence-electron chi connectivity index (χ4n) is 1.52. The van der Waals surface area contributed by atoms with E-state index in [4.69, 9.17) is 11.6 Å². The maximum absolute atomic E-state index is 11.3. The molecular weight excluding hydrogens is 272 g/mol. The van der Waals surface area contributed by atoms with E-state index >= 15 is 0 Å². The van der Waals surface area contributed by atoms with Crippen LogP contribution in [0.25, 0.3) is 0 Å². The van der Waals surface area contributed by atoms with Crippen LogP contribution < -0.4 is 5.32 Å². The first-order valence-corrected chi connectivity index (χ1v) is 6.43. The van der Waals surface area contributed by atoms with Gasteiger partial charge in [-0.05, 0) is 18.6 Å². The van der Waals surface area contributed by atoms with E-state index < -0.39 is 12.0 Å². The van der Waals surface area contributed by atoms with Gasteiger partial charge in [0.1, 0.15) is 9.34 Å². The van der Waals surface area contributed by atoms with E-state index in [9.17, 15) is 9.90 Å². The SMILES string of the molecule is Cc1ccccc1NC(C(=O)O)c1ncc(Cl)s1.